The van der Waals surface area contributed by atoms with E-state index in [-0.39, 0.29) is 5.69 Å². The molecule has 0 saturated heterocycles. The smallest absolute Gasteiger partial charge is 0.264 e. The highest BCUT2D eigenvalue weighted by Crippen LogP contribution is 2.19. The fourth-order valence-corrected chi connectivity index (χ4v) is 2.89. The van der Waals surface area contributed by atoms with Crippen LogP contribution in [-0.2, 0) is 10.0 Å². The Morgan fingerprint density at radius 2 is 1.95 bits per heavy atom. The summed E-state index contributed by atoms with van der Waals surface area (Å²) in [6, 6.07) is 5.26. The minimum Gasteiger partial charge on any atom is -0.287 e. The summed E-state index contributed by atoms with van der Waals surface area (Å²) in [7, 11) is -4.16. The van der Waals surface area contributed by atoms with Crippen LogP contribution in [0.1, 0.15) is 0 Å². The fraction of sp³-hybridized carbons (Fsp3) is 0. The SMILES string of the molecule is O=S(=O)(Nc1ccc2nncn2c1)c1ccc(F)cc1F. The van der Waals surface area contributed by atoms with E-state index in [0.29, 0.717) is 11.7 Å². The van der Waals surface area contributed by atoms with Crippen LogP contribution in [0.2, 0.25) is 0 Å². The van der Waals surface area contributed by atoms with Crippen molar-refractivity contribution < 1.29 is 17.2 Å². The molecule has 6 nitrogen and oxygen atoms in total. The van der Waals surface area contributed by atoms with Gasteiger partial charge in [-0.1, -0.05) is 0 Å². The van der Waals surface area contributed by atoms with Gasteiger partial charge in [0.2, 0.25) is 0 Å². The van der Waals surface area contributed by atoms with E-state index in [1.54, 1.807) is 6.07 Å². The van der Waals surface area contributed by atoms with Crippen LogP contribution in [0, 0.1) is 11.6 Å². The van der Waals surface area contributed by atoms with Crippen LogP contribution in [-0.4, -0.2) is 23.0 Å². The summed E-state index contributed by atoms with van der Waals surface area (Å²) in [4.78, 5) is -0.632. The molecule has 0 aliphatic carbocycles. The molecule has 1 aromatic carbocycles. The van der Waals surface area contributed by atoms with Crippen LogP contribution < -0.4 is 4.72 Å². The fourth-order valence-electron chi connectivity index (χ4n) is 1.79. The molecule has 2 aromatic heterocycles. The molecule has 2 heterocycles. The molecule has 0 atom stereocenters. The average molecular weight is 310 g/mol. The maximum Gasteiger partial charge on any atom is 0.264 e. The molecule has 3 rings (SSSR count). The van der Waals surface area contributed by atoms with Crippen molar-refractivity contribution >= 4 is 21.4 Å². The molecule has 0 unspecified atom stereocenters. The van der Waals surface area contributed by atoms with Gasteiger partial charge in [0.15, 0.2) is 5.65 Å². The third-order valence-corrected chi connectivity index (χ3v) is 4.14. The van der Waals surface area contributed by atoms with Crippen molar-refractivity contribution in [2.45, 2.75) is 4.90 Å². The Morgan fingerprint density at radius 1 is 1.14 bits per heavy atom. The number of sulfonamides is 1. The number of benzene rings is 1. The molecular weight excluding hydrogens is 302 g/mol. The lowest BCUT2D eigenvalue weighted by Gasteiger charge is -2.09. The third kappa shape index (κ3) is 2.55. The second-order valence-electron chi connectivity index (χ2n) is 4.19. The Morgan fingerprint density at radius 3 is 2.71 bits per heavy atom. The zero-order chi connectivity index (χ0) is 15.0. The van der Waals surface area contributed by atoms with Crippen molar-refractivity contribution in [2.24, 2.45) is 0 Å². The average Bonchev–Trinajstić information content (AvgIpc) is 2.85. The molecule has 0 bridgehead atoms. The summed E-state index contributed by atoms with van der Waals surface area (Å²) in [5.74, 6) is -2.01. The molecule has 21 heavy (non-hydrogen) atoms. The van der Waals surface area contributed by atoms with E-state index in [1.807, 2.05) is 0 Å². The highest BCUT2D eigenvalue weighted by Gasteiger charge is 2.19. The van der Waals surface area contributed by atoms with Crippen LogP contribution >= 0.6 is 0 Å². The Labute approximate surface area is 118 Å². The standard InChI is InChI=1S/C12H8F2N4O2S/c13-8-1-3-11(10(14)5-8)21(19,20)17-9-2-4-12-16-15-7-18(12)6-9/h1-7,17H. The summed E-state index contributed by atoms with van der Waals surface area (Å²) < 4.78 is 54.3. The monoisotopic (exact) mass is 310 g/mol. The first-order valence-corrected chi connectivity index (χ1v) is 7.21. The van der Waals surface area contributed by atoms with E-state index in [9.17, 15) is 17.2 Å². The van der Waals surface area contributed by atoms with Crippen molar-refractivity contribution in [1.82, 2.24) is 14.6 Å². The summed E-state index contributed by atoms with van der Waals surface area (Å²) in [6.45, 7) is 0. The second kappa shape index (κ2) is 4.77. The minimum atomic E-state index is -4.16. The van der Waals surface area contributed by atoms with Crippen molar-refractivity contribution in [3.05, 3.63) is 54.5 Å². The first-order valence-electron chi connectivity index (χ1n) is 5.73. The van der Waals surface area contributed by atoms with Gasteiger partial charge in [-0.05, 0) is 24.3 Å². The predicted octanol–water partition coefficient (Wildman–Crippen LogP) is 1.81. The van der Waals surface area contributed by atoms with Crippen molar-refractivity contribution in [2.75, 3.05) is 4.72 Å². The van der Waals surface area contributed by atoms with E-state index < -0.39 is 26.6 Å². The summed E-state index contributed by atoms with van der Waals surface area (Å²) in [5, 5.41) is 7.43. The molecule has 0 spiro atoms. The Kier molecular flexibility index (Phi) is 3.05. The zero-order valence-corrected chi connectivity index (χ0v) is 11.2. The Hall–Kier alpha value is -2.55. The van der Waals surface area contributed by atoms with Gasteiger partial charge in [0.05, 0.1) is 5.69 Å². The summed E-state index contributed by atoms with van der Waals surface area (Å²) in [6.07, 6.45) is 2.83. The van der Waals surface area contributed by atoms with E-state index in [2.05, 4.69) is 14.9 Å². The first-order chi connectivity index (χ1) is 9.95. The lowest BCUT2D eigenvalue weighted by molar-refractivity contribution is 0.551. The van der Waals surface area contributed by atoms with Gasteiger partial charge in [-0.25, -0.2) is 17.2 Å². The van der Waals surface area contributed by atoms with Gasteiger partial charge in [-0.2, -0.15) is 0 Å². The molecule has 9 heteroatoms. The summed E-state index contributed by atoms with van der Waals surface area (Å²) >= 11 is 0. The van der Waals surface area contributed by atoms with Crippen molar-refractivity contribution in [1.29, 1.82) is 0 Å². The Bertz CT molecular complexity index is 924. The molecule has 0 aliphatic heterocycles. The number of pyridine rings is 1. The number of anilines is 1. The molecule has 0 amide bonds. The Balaban J connectivity index is 1.98. The number of rotatable bonds is 3. The van der Waals surface area contributed by atoms with Gasteiger partial charge in [0.25, 0.3) is 10.0 Å². The molecule has 0 fully saturated rings. The molecule has 0 radical (unpaired) electrons. The molecule has 3 aromatic rings. The van der Waals surface area contributed by atoms with Gasteiger partial charge in [-0.3, -0.25) is 9.12 Å². The van der Waals surface area contributed by atoms with Gasteiger partial charge in [0, 0.05) is 12.3 Å². The van der Waals surface area contributed by atoms with E-state index >= 15 is 0 Å². The quantitative estimate of drug-likeness (QED) is 0.800. The zero-order valence-electron chi connectivity index (χ0n) is 10.4. The number of halogens is 2. The molecule has 1 N–H and O–H groups in total. The van der Waals surface area contributed by atoms with E-state index in [4.69, 9.17) is 0 Å². The molecule has 0 saturated carbocycles. The lowest BCUT2D eigenvalue weighted by atomic mass is 10.3. The second-order valence-corrected chi connectivity index (χ2v) is 5.85. The van der Waals surface area contributed by atoms with Crippen molar-refractivity contribution in [3.8, 4) is 0 Å². The van der Waals surface area contributed by atoms with Crippen LogP contribution in [0.5, 0.6) is 0 Å². The van der Waals surface area contributed by atoms with E-state index in [0.717, 1.165) is 12.1 Å². The van der Waals surface area contributed by atoms with Crippen LogP contribution in [0.4, 0.5) is 14.5 Å². The topological polar surface area (TPSA) is 76.4 Å². The normalized spacial score (nSPS) is 11.7. The number of nitrogens with one attached hydrogen (secondary N) is 1. The van der Waals surface area contributed by atoms with Gasteiger partial charge in [-0.15, -0.1) is 10.2 Å². The number of fused-ring (bicyclic) bond motifs is 1. The maximum atomic E-state index is 13.6. The highest BCUT2D eigenvalue weighted by molar-refractivity contribution is 7.92. The largest absolute Gasteiger partial charge is 0.287 e. The van der Waals surface area contributed by atoms with E-state index in [1.165, 1.54) is 23.0 Å². The highest BCUT2D eigenvalue weighted by atomic mass is 32.2. The number of nitrogens with zero attached hydrogens (tertiary/aromatic N) is 3. The van der Waals surface area contributed by atoms with Gasteiger partial charge >= 0.3 is 0 Å². The number of hydrogen-bond acceptors (Lipinski definition) is 4. The number of hydrogen-bond donors (Lipinski definition) is 1. The lowest BCUT2D eigenvalue weighted by Crippen LogP contribution is -2.15. The predicted molar refractivity (Wildman–Crippen MR) is 70.2 cm³/mol. The van der Waals surface area contributed by atoms with Crippen LogP contribution in [0.25, 0.3) is 5.65 Å². The third-order valence-electron chi connectivity index (χ3n) is 2.73. The number of aromatic nitrogens is 3. The summed E-state index contributed by atoms with van der Waals surface area (Å²) in [5.41, 5.74) is 0.733. The van der Waals surface area contributed by atoms with Crippen molar-refractivity contribution in [3.63, 3.8) is 0 Å². The first kappa shape index (κ1) is 13.4. The molecular formula is C12H8F2N4O2S. The molecule has 0 aliphatic rings. The van der Waals surface area contributed by atoms with Gasteiger partial charge < -0.3 is 0 Å². The molecule has 108 valence electrons. The van der Waals surface area contributed by atoms with Gasteiger partial charge in [0.1, 0.15) is 22.9 Å². The minimum absolute atomic E-state index is 0.200. The maximum absolute atomic E-state index is 13.6. The van der Waals surface area contributed by atoms with Crippen LogP contribution in [0.15, 0.2) is 47.8 Å². The van der Waals surface area contributed by atoms with Crippen LogP contribution in [0.3, 0.4) is 0 Å².